The molecule has 0 aliphatic carbocycles. The predicted octanol–water partition coefficient (Wildman–Crippen LogP) is 2.78. The van der Waals surface area contributed by atoms with Gasteiger partial charge in [-0.15, -0.1) is 0 Å². The molecular formula is C18H18F4N2O2. The highest BCUT2D eigenvalue weighted by Gasteiger charge is 2.32. The summed E-state index contributed by atoms with van der Waals surface area (Å²) in [6, 6.07) is 9.86. The molecule has 0 bridgehead atoms. The number of aliphatic hydroxyl groups is 1. The topological polar surface area (TPSA) is 61.4 Å². The van der Waals surface area contributed by atoms with Crippen molar-refractivity contribution in [3.05, 3.63) is 71.0 Å². The van der Waals surface area contributed by atoms with Crippen molar-refractivity contribution in [3.8, 4) is 0 Å². The molecule has 1 amide bonds. The van der Waals surface area contributed by atoms with Crippen LogP contribution < -0.4 is 10.6 Å². The van der Waals surface area contributed by atoms with Gasteiger partial charge in [-0.3, -0.25) is 10.1 Å². The molecule has 1 unspecified atom stereocenters. The van der Waals surface area contributed by atoms with Gasteiger partial charge in [-0.25, -0.2) is 4.39 Å². The van der Waals surface area contributed by atoms with E-state index in [4.69, 9.17) is 0 Å². The molecule has 4 nitrogen and oxygen atoms in total. The standard InChI is InChI=1S/C18H18F4N2O2/c19-14-6-3-5-12(8-14)16(11-25)23-10-17(26)24-9-13-4-1-2-7-15(13)18(20,21)22/h1-8,16,23,25H,9-11H2,(H,24,26). The largest absolute Gasteiger partial charge is 0.416 e. The van der Waals surface area contributed by atoms with E-state index in [1.165, 1.54) is 36.4 Å². The molecule has 2 aromatic carbocycles. The number of carbonyl (C=O) groups excluding carboxylic acids is 1. The van der Waals surface area contributed by atoms with Crippen LogP contribution in [0.2, 0.25) is 0 Å². The normalized spacial score (nSPS) is 12.7. The molecule has 0 spiro atoms. The Morgan fingerprint density at radius 1 is 1.12 bits per heavy atom. The van der Waals surface area contributed by atoms with Gasteiger partial charge in [0.1, 0.15) is 5.82 Å². The van der Waals surface area contributed by atoms with Gasteiger partial charge in [-0.1, -0.05) is 30.3 Å². The first kappa shape index (κ1) is 19.9. The summed E-state index contributed by atoms with van der Waals surface area (Å²) in [5.74, 6) is -1.02. The maximum atomic E-state index is 13.2. The highest BCUT2D eigenvalue weighted by atomic mass is 19.4. The second-order valence-corrected chi connectivity index (χ2v) is 5.60. The zero-order valence-corrected chi connectivity index (χ0v) is 13.7. The van der Waals surface area contributed by atoms with E-state index < -0.39 is 29.5 Å². The highest BCUT2D eigenvalue weighted by Crippen LogP contribution is 2.31. The SMILES string of the molecule is O=C(CNC(CO)c1cccc(F)c1)NCc1ccccc1C(F)(F)F. The second-order valence-electron chi connectivity index (χ2n) is 5.60. The van der Waals surface area contributed by atoms with Gasteiger partial charge >= 0.3 is 6.18 Å². The van der Waals surface area contributed by atoms with E-state index >= 15 is 0 Å². The summed E-state index contributed by atoms with van der Waals surface area (Å²) in [5, 5.41) is 14.5. The van der Waals surface area contributed by atoms with Crippen LogP contribution >= 0.6 is 0 Å². The van der Waals surface area contributed by atoms with Crippen LogP contribution in [0.1, 0.15) is 22.7 Å². The van der Waals surface area contributed by atoms with Crippen molar-refractivity contribution in [2.75, 3.05) is 13.2 Å². The maximum Gasteiger partial charge on any atom is 0.416 e. The lowest BCUT2D eigenvalue weighted by molar-refractivity contribution is -0.138. The molecule has 0 heterocycles. The number of hydrogen-bond donors (Lipinski definition) is 3. The second kappa shape index (κ2) is 8.77. The first-order valence-electron chi connectivity index (χ1n) is 7.82. The Labute approximate surface area is 147 Å². The number of carbonyl (C=O) groups is 1. The van der Waals surface area contributed by atoms with Crippen LogP contribution in [0.4, 0.5) is 17.6 Å². The van der Waals surface area contributed by atoms with Crippen LogP contribution in [0.25, 0.3) is 0 Å². The Balaban J connectivity index is 1.91. The van der Waals surface area contributed by atoms with Crippen molar-refractivity contribution in [2.24, 2.45) is 0 Å². The quantitative estimate of drug-likeness (QED) is 0.657. The molecule has 2 rings (SSSR count). The van der Waals surface area contributed by atoms with Gasteiger partial charge in [0.2, 0.25) is 5.91 Å². The van der Waals surface area contributed by atoms with Crippen LogP contribution in [0, 0.1) is 5.82 Å². The zero-order chi connectivity index (χ0) is 19.2. The average Bonchev–Trinajstić information content (AvgIpc) is 2.60. The minimum atomic E-state index is -4.50. The van der Waals surface area contributed by atoms with Crippen LogP contribution in [-0.2, 0) is 17.5 Å². The summed E-state index contributed by atoms with van der Waals surface area (Å²) in [6.45, 7) is -0.885. The van der Waals surface area contributed by atoms with Gasteiger partial charge in [0.15, 0.2) is 0 Å². The van der Waals surface area contributed by atoms with Crippen molar-refractivity contribution >= 4 is 5.91 Å². The Bertz CT molecular complexity index is 750. The third kappa shape index (κ3) is 5.53. The highest BCUT2D eigenvalue weighted by molar-refractivity contribution is 5.78. The predicted molar refractivity (Wildman–Crippen MR) is 87.5 cm³/mol. The lowest BCUT2D eigenvalue weighted by Crippen LogP contribution is -2.36. The van der Waals surface area contributed by atoms with E-state index in [0.717, 1.165) is 6.07 Å². The fourth-order valence-electron chi connectivity index (χ4n) is 2.43. The number of aliphatic hydroxyl groups excluding tert-OH is 1. The van der Waals surface area contributed by atoms with Gasteiger partial charge in [0.25, 0.3) is 0 Å². The number of rotatable bonds is 7. The molecule has 1 atom stereocenters. The molecule has 2 aromatic rings. The summed E-state index contributed by atoms with van der Waals surface area (Å²) < 4.78 is 52.0. The van der Waals surface area contributed by atoms with Crippen molar-refractivity contribution < 1.29 is 27.5 Å². The molecular weight excluding hydrogens is 352 g/mol. The molecule has 0 aliphatic heterocycles. The number of hydrogen-bond acceptors (Lipinski definition) is 3. The van der Waals surface area contributed by atoms with E-state index in [1.54, 1.807) is 6.07 Å². The van der Waals surface area contributed by atoms with Gasteiger partial charge in [0, 0.05) is 6.54 Å². The number of nitrogens with one attached hydrogen (secondary N) is 2. The molecule has 26 heavy (non-hydrogen) atoms. The van der Waals surface area contributed by atoms with Crippen LogP contribution in [0.5, 0.6) is 0 Å². The Hall–Kier alpha value is -2.45. The van der Waals surface area contributed by atoms with E-state index in [-0.39, 0.29) is 25.3 Å². The maximum absolute atomic E-state index is 13.2. The summed E-state index contributed by atoms with van der Waals surface area (Å²) >= 11 is 0. The summed E-state index contributed by atoms with van der Waals surface area (Å²) in [7, 11) is 0. The first-order valence-corrected chi connectivity index (χ1v) is 7.82. The minimum Gasteiger partial charge on any atom is -0.394 e. The van der Waals surface area contributed by atoms with E-state index in [0.29, 0.717) is 5.56 Å². The van der Waals surface area contributed by atoms with Crippen LogP contribution in [0.3, 0.4) is 0 Å². The minimum absolute atomic E-state index is 0.0443. The fraction of sp³-hybridized carbons (Fsp3) is 0.278. The van der Waals surface area contributed by atoms with Gasteiger partial charge in [-0.2, -0.15) is 13.2 Å². The van der Waals surface area contributed by atoms with Gasteiger partial charge in [-0.05, 0) is 29.3 Å². The lowest BCUT2D eigenvalue weighted by atomic mass is 10.1. The molecule has 0 fully saturated rings. The van der Waals surface area contributed by atoms with E-state index in [2.05, 4.69) is 10.6 Å². The molecule has 0 saturated heterocycles. The Morgan fingerprint density at radius 3 is 2.50 bits per heavy atom. The zero-order valence-electron chi connectivity index (χ0n) is 13.7. The Kier molecular flexibility index (Phi) is 6.70. The van der Waals surface area contributed by atoms with Crippen LogP contribution in [0.15, 0.2) is 48.5 Å². The van der Waals surface area contributed by atoms with Gasteiger partial charge < -0.3 is 10.4 Å². The van der Waals surface area contributed by atoms with E-state index in [1.807, 2.05) is 0 Å². The average molecular weight is 370 g/mol. The summed E-state index contributed by atoms with van der Waals surface area (Å²) in [6.07, 6.45) is -4.50. The fourth-order valence-corrected chi connectivity index (χ4v) is 2.43. The van der Waals surface area contributed by atoms with Crippen LogP contribution in [-0.4, -0.2) is 24.2 Å². The van der Waals surface area contributed by atoms with Crippen molar-refractivity contribution in [1.29, 1.82) is 0 Å². The number of alkyl halides is 3. The third-order valence-electron chi connectivity index (χ3n) is 3.74. The molecule has 0 aromatic heterocycles. The number of benzene rings is 2. The summed E-state index contributed by atoms with van der Waals surface area (Å²) in [4.78, 5) is 11.9. The van der Waals surface area contributed by atoms with Crippen molar-refractivity contribution in [2.45, 2.75) is 18.8 Å². The molecule has 0 saturated carbocycles. The lowest BCUT2D eigenvalue weighted by Gasteiger charge is -2.17. The van der Waals surface area contributed by atoms with E-state index in [9.17, 15) is 27.5 Å². The summed E-state index contributed by atoms with van der Waals surface area (Å²) in [5.41, 5.74) is -0.388. The molecule has 0 radical (unpaired) electrons. The third-order valence-corrected chi connectivity index (χ3v) is 3.74. The molecule has 8 heteroatoms. The number of amides is 1. The molecule has 140 valence electrons. The van der Waals surface area contributed by atoms with Crippen molar-refractivity contribution in [1.82, 2.24) is 10.6 Å². The Morgan fingerprint density at radius 2 is 1.85 bits per heavy atom. The molecule has 0 aliphatic rings. The smallest absolute Gasteiger partial charge is 0.394 e. The first-order chi connectivity index (χ1) is 12.3. The van der Waals surface area contributed by atoms with Crippen molar-refractivity contribution in [3.63, 3.8) is 0 Å². The van der Waals surface area contributed by atoms with Gasteiger partial charge in [0.05, 0.1) is 24.8 Å². The monoisotopic (exact) mass is 370 g/mol. The molecule has 3 N–H and O–H groups in total. The number of halogens is 4.